The van der Waals surface area contributed by atoms with Crippen LogP contribution in [0.2, 0.25) is 0 Å². The minimum absolute atomic E-state index is 0.119. The van der Waals surface area contributed by atoms with Crippen LogP contribution in [0.5, 0.6) is 0 Å². The highest BCUT2D eigenvalue weighted by molar-refractivity contribution is 5.80. The van der Waals surface area contributed by atoms with Gasteiger partial charge in [0.1, 0.15) is 6.04 Å². The second-order valence-electron chi connectivity index (χ2n) is 5.09. The summed E-state index contributed by atoms with van der Waals surface area (Å²) in [5.74, 6) is 0.215. The van der Waals surface area contributed by atoms with Crippen LogP contribution >= 0.6 is 0 Å². The number of hydrogen-bond donors (Lipinski definition) is 1. The first-order valence-electron chi connectivity index (χ1n) is 7.12. The lowest BCUT2D eigenvalue weighted by molar-refractivity contribution is -0.913. The number of quaternary nitrogens is 1. The average molecular weight is 240 g/mol. The van der Waals surface area contributed by atoms with Gasteiger partial charge in [0, 0.05) is 13.5 Å². The van der Waals surface area contributed by atoms with E-state index in [0.29, 0.717) is 0 Å². The summed E-state index contributed by atoms with van der Waals surface area (Å²) in [6.45, 7) is 8.96. The molecule has 100 valence electrons. The van der Waals surface area contributed by atoms with Crippen molar-refractivity contribution in [1.82, 2.24) is 5.32 Å². The Kier molecular flexibility index (Phi) is 5.96. The molecule has 0 saturated carbocycles. The van der Waals surface area contributed by atoms with Crippen LogP contribution in [0.1, 0.15) is 52.4 Å². The zero-order chi connectivity index (χ0) is 12.7. The second-order valence-corrected chi connectivity index (χ2v) is 5.09. The SMILES string of the molecule is CCCC(C(=O)NC)[N+]1(CC)[CH-]CCCCC1. The number of nitrogens with zero attached hydrogens (tertiary/aromatic N) is 1. The molecule has 17 heavy (non-hydrogen) atoms. The summed E-state index contributed by atoms with van der Waals surface area (Å²) < 4.78 is 0.896. The van der Waals surface area contributed by atoms with E-state index >= 15 is 0 Å². The van der Waals surface area contributed by atoms with Crippen LogP contribution in [-0.2, 0) is 4.79 Å². The number of nitrogens with one attached hydrogen (secondary N) is 1. The summed E-state index contributed by atoms with van der Waals surface area (Å²) in [6, 6.07) is 0.119. The minimum atomic E-state index is 0.119. The smallest absolute Gasteiger partial charge is 0.275 e. The molecule has 1 amide bonds. The Labute approximate surface area is 106 Å². The Bertz CT molecular complexity index is 232. The molecular weight excluding hydrogens is 212 g/mol. The molecule has 0 radical (unpaired) electrons. The number of rotatable bonds is 5. The standard InChI is InChI=1S/C14H28N2O/c1-4-10-13(14(17)15-3)16(5-2)11-8-6-7-9-12-16/h11,13H,4-10,12H2,1-3H3,(H,15,17). The van der Waals surface area contributed by atoms with Crippen LogP contribution in [0.4, 0.5) is 0 Å². The number of carbonyl (C=O) groups excluding carboxylic acids is 1. The highest BCUT2D eigenvalue weighted by Gasteiger charge is 2.33. The van der Waals surface area contributed by atoms with Crippen molar-refractivity contribution in [3.63, 3.8) is 0 Å². The summed E-state index contributed by atoms with van der Waals surface area (Å²) in [6.07, 6.45) is 7.07. The van der Waals surface area contributed by atoms with Gasteiger partial charge in [-0.25, -0.2) is 0 Å². The van der Waals surface area contributed by atoms with Crippen molar-refractivity contribution in [3.05, 3.63) is 6.54 Å². The fourth-order valence-corrected chi connectivity index (χ4v) is 3.02. The van der Waals surface area contributed by atoms with Gasteiger partial charge in [0.05, 0.1) is 13.1 Å². The van der Waals surface area contributed by atoms with Crippen molar-refractivity contribution >= 4 is 5.91 Å². The van der Waals surface area contributed by atoms with Crippen molar-refractivity contribution in [2.75, 3.05) is 20.1 Å². The van der Waals surface area contributed by atoms with Crippen molar-refractivity contribution < 1.29 is 9.28 Å². The maximum absolute atomic E-state index is 12.1. The quantitative estimate of drug-likeness (QED) is 0.580. The first-order chi connectivity index (χ1) is 8.20. The Morgan fingerprint density at radius 2 is 2.12 bits per heavy atom. The Morgan fingerprint density at radius 3 is 2.71 bits per heavy atom. The Morgan fingerprint density at radius 1 is 1.35 bits per heavy atom. The lowest BCUT2D eigenvalue weighted by atomic mass is 10.0. The number of likely N-dealkylation sites (tertiary alicyclic amines) is 1. The van der Waals surface area contributed by atoms with E-state index in [-0.39, 0.29) is 11.9 Å². The molecule has 0 bridgehead atoms. The third-order valence-electron chi connectivity index (χ3n) is 4.09. The molecule has 1 N–H and O–H groups in total. The van der Waals surface area contributed by atoms with Gasteiger partial charge in [0.2, 0.25) is 0 Å². The third-order valence-corrected chi connectivity index (χ3v) is 4.09. The first-order valence-corrected chi connectivity index (χ1v) is 7.12. The summed E-state index contributed by atoms with van der Waals surface area (Å²) >= 11 is 0. The van der Waals surface area contributed by atoms with E-state index in [2.05, 4.69) is 25.7 Å². The van der Waals surface area contributed by atoms with E-state index in [4.69, 9.17) is 0 Å². The predicted octanol–water partition coefficient (Wildman–Crippen LogP) is 2.47. The van der Waals surface area contributed by atoms with Crippen LogP contribution in [0.15, 0.2) is 0 Å². The molecule has 2 atom stereocenters. The molecule has 2 unspecified atom stereocenters. The van der Waals surface area contributed by atoms with Gasteiger partial charge in [-0.2, -0.15) is 0 Å². The van der Waals surface area contributed by atoms with E-state index in [1.165, 1.54) is 19.3 Å². The number of amides is 1. The molecular formula is C14H28N2O. The second kappa shape index (κ2) is 7.00. The average Bonchev–Trinajstić information content (AvgIpc) is 2.61. The molecule has 1 saturated heterocycles. The molecule has 0 aromatic carbocycles. The van der Waals surface area contributed by atoms with Crippen LogP contribution in [0.25, 0.3) is 0 Å². The molecule has 1 fully saturated rings. The van der Waals surface area contributed by atoms with Crippen LogP contribution in [-0.4, -0.2) is 36.6 Å². The third kappa shape index (κ3) is 3.44. The molecule has 1 aliphatic heterocycles. The highest BCUT2D eigenvalue weighted by Crippen LogP contribution is 2.27. The van der Waals surface area contributed by atoms with Gasteiger partial charge in [-0.05, 0) is 13.3 Å². The molecule has 1 heterocycles. The number of hydrogen-bond acceptors (Lipinski definition) is 1. The molecule has 0 aliphatic carbocycles. The molecule has 0 spiro atoms. The van der Waals surface area contributed by atoms with E-state index in [1.54, 1.807) is 7.05 Å². The van der Waals surface area contributed by atoms with Crippen LogP contribution < -0.4 is 5.32 Å². The Hall–Kier alpha value is -0.570. The minimum Gasteiger partial charge on any atom is -0.444 e. The lowest BCUT2D eigenvalue weighted by Crippen LogP contribution is -2.59. The normalized spacial score (nSPS) is 27.2. The summed E-state index contributed by atoms with van der Waals surface area (Å²) in [5, 5.41) is 2.85. The Balaban J connectivity index is 2.87. The molecule has 3 nitrogen and oxygen atoms in total. The molecule has 1 rings (SSSR count). The van der Waals surface area contributed by atoms with Gasteiger partial charge in [0.15, 0.2) is 0 Å². The molecule has 3 heteroatoms. The predicted molar refractivity (Wildman–Crippen MR) is 71.2 cm³/mol. The van der Waals surface area contributed by atoms with Crippen LogP contribution in [0, 0.1) is 6.54 Å². The van der Waals surface area contributed by atoms with Crippen molar-refractivity contribution in [2.45, 2.75) is 58.4 Å². The summed E-state index contributed by atoms with van der Waals surface area (Å²) in [4.78, 5) is 12.1. The summed E-state index contributed by atoms with van der Waals surface area (Å²) in [5.41, 5.74) is 0. The maximum Gasteiger partial charge on any atom is 0.275 e. The van der Waals surface area contributed by atoms with Crippen molar-refractivity contribution in [3.8, 4) is 0 Å². The fourth-order valence-electron chi connectivity index (χ4n) is 3.02. The zero-order valence-corrected chi connectivity index (χ0v) is 11.7. The van der Waals surface area contributed by atoms with Crippen molar-refractivity contribution in [2.24, 2.45) is 0 Å². The van der Waals surface area contributed by atoms with E-state index in [1.807, 2.05) is 0 Å². The highest BCUT2D eigenvalue weighted by atomic mass is 16.2. The van der Waals surface area contributed by atoms with Gasteiger partial charge in [-0.1, -0.05) is 26.2 Å². The largest absolute Gasteiger partial charge is 0.444 e. The van der Waals surface area contributed by atoms with E-state index < -0.39 is 0 Å². The fraction of sp³-hybridized carbons (Fsp3) is 0.857. The molecule has 0 aromatic heterocycles. The topological polar surface area (TPSA) is 29.1 Å². The number of likely N-dealkylation sites (N-methyl/N-ethyl adjacent to an activating group) is 2. The molecule has 1 aliphatic rings. The summed E-state index contributed by atoms with van der Waals surface area (Å²) in [7, 11) is 1.76. The van der Waals surface area contributed by atoms with Crippen molar-refractivity contribution in [1.29, 1.82) is 0 Å². The van der Waals surface area contributed by atoms with E-state index in [9.17, 15) is 4.79 Å². The number of carbonyl (C=O) groups is 1. The van der Waals surface area contributed by atoms with Gasteiger partial charge in [-0.15, -0.1) is 13.0 Å². The molecule has 0 aromatic rings. The van der Waals surface area contributed by atoms with Gasteiger partial charge in [-0.3, -0.25) is 4.79 Å². The maximum atomic E-state index is 12.1. The first kappa shape index (κ1) is 14.5. The lowest BCUT2D eigenvalue weighted by Gasteiger charge is -2.51. The van der Waals surface area contributed by atoms with Gasteiger partial charge >= 0.3 is 0 Å². The van der Waals surface area contributed by atoms with Gasteiger partial charge in [0.25, 0.3) is 5.91 Å². The van der Waals surface area contributed by atoms with Crippen LogP contribution in [0.3, 0.4) is 0 Å². The monoisotopic (exact) mass is 240 g/mol. The van der Waals surface area contributed by atoms with Gasteiger partial charge < -0.3 is 9.80 Å². The zero-order valence-electron chi connectivity index (χ0n) is 11.7. The van der Waals surface area contributed by atoms with E-state index in [0.717, 1.165) is 36.8 Å².